The molecule has 3 aromatic rings. The van der Waals surface area contributed by atoms with Gasteiger partial charge in [-0.2, -0.15) is 0 Å². The van der Waals surface area contributed by atoms with Gasteiger partial charge in [0.25, 0.3) is 0 Å². The molecule has 2 aromatic carbocycles. The van der Waals surface area contributed by atoms with Gasteiger partial charge in [-0.1, -0.05) is 24.6 Å². The topological polar surface area (TPSA) is 3.88 Å². The second-order valence-corrected chi connectivity index (χ2v) is 9.23. The van der Waals surface area contributed by atoms with E-state index in [9.17, 15) is 0 Å². The molecular weight excluding hydrogens is 345 g/mol. The van der Waals surface area contributed by atoms with E-state index < -0.39 is 0 Å². The predicted octanol–water partition coefficient (Wildman–Crippen LogP) is 6.30. The highest BCUT2D eigenvalue weighted by Crippen LogP contribution is 2.53. The van der Waals surface area contributed by atoms with E-state index >= 15 is 4.39 Å². The van der Waals surface area contributed by atoms with E-state index in [-0.39, 0.29) is 5.82 Å². The first kappa shape index (κ1) is 17.8. The van der Waals surface area contributed by atoms with Gasteiger partial charge < -0.3 is 0 Å². The lowest BCUT2D eigenvalue weighted by Gasteiger charge is -2.22. The largest absolute Gasteiger partial charge is 0.223 e. The Bertz CT molecular complexity index is 1070. The molecule has 3 atom stereocenters. The van der Waals surface area contributed by atoms with Crippen LogP contribution < -0.4 is 4.57 Å². The molecule has 0 amide bonds. The lowest BCUT2D eigenvalue weighted by Crippen LogP contribution is -2.31. The van der Waals surface area contributed by atoms with Gasteiger partial charge in [-0.25, -0.2) is 8.96 Å². The van der Waals surface area contributed by atoms with E-state index in [4.69, 9.17) is 0 Å². The molecule has 144 valence electrons. The summed E-state index contributed by atoms with van der Waals surface area (Å²) in [6.07, 6.45) is 7.69. The highest BCUT2D eigenvalue weighted by atomic mass is 19.1. The van der Waals surface area contributed by atoms with E-state index in [0.717, 1.165) is 45.5 Å². The summed E-state index contributed by atoms with van der Waals surface area (Å²) in [5, 5.41) is 2.37. The second kappa shape index (κ2) is 6.40. The van der Waals surface area contributed by atoms with Gasteiger partial charge in [0.1, 0.15) is 12.9 Å². The smallest absolute Gasteiger partial charge is 0.206 e. The quantitative estimate of drug-likeness (QED) is 0.464. The fourth-order valence-electron chi connectivity index (χ4n) is 5.92. The molecule has 1 heterocycles. The van der Waals surface area contributed by atoms with Crippen molar-refractivity contribution in [3.63, 3.8) is 0 Å². The maximum Gasteiger partial charge on any atom is 0.223 e. The number of hydrogen-bond donors (Lipinski definition) is 0. The lowest BCUT2D eigenvalue weighted by molar-refractivity contribution is -0.659. The van der Waals surface area contributed by atoms with Crippen molar-refractivity contribution in [2.75, 3.05) is 0 Å². The number of benzene rings is 2. The molecule has 0 N–H and O–H groups in total. The van der Waals surface area contributed by atoms with Crippen molar-refractivity contribution in [2.24, 2.45) is 18.9 Å². The first-order chi connectivity index (χ1) is 13.4. The van der Waals surface area contributed by atoms with Crippen molar-refractivity contribution in [3.8, 4) is 11.3 Å². The van der Waals surface area contributed by atoms with Gasteiger partial charge in [-0.3, -0.25) is 0 Å². The van der Waals surface area contributed by atoms with Crippen LogP contribution in [0.1, 0.15) is 53.9 Å². The standard InChI is InChI=1S/C26H29FN/c1-15-11-16(2)25(27)24(17(15)3)26-22-8-7-20(14-21(22)9-10-28(26)4)23-13-18-5-6-19(23)12-18/h7-11,14,18-19,23H,5-6,12-13H2,1-4H3/q+1. The minimum Gasteiger partial charge on any atom is -0.206 e. The van der Waals surface area contributed by atoms with Crippen molar-refractivity contribution in [2.45, 2.75) is 52.4 Å². The SMILES string of the molecule is Cc1cc(C)c(F)c(-c2c3ccc(C4CC5CCC4C5)cc3cc[n+]2C)c1C. The minimum absolute atomic E-state index is 0.0941. The zero-order valence-electron chi connectivity index (χ0n) is 17.3. The molecule has 5 rings (SSSR count). The summed E-state index contributed by atoms with van der Waals surface area (Å²) in [5.74, 6) is 2.45. The van der Waals surface area contributed by atoms with E-state index in [1.807, 2.05) is 27.0 Å². The lowest BCUT2D eigenvalue weighted by atomic mass is 9.82. The van der Waals surface area contributed by atoms with Gasteiger partial charge >= 0.3 is 0 Å². The van der Waals surface area contributed by atoms with Crippen LogP contribution in [0.3, 0.4) is 0 Å². The van der Waals surface area contributed by atoms with Crippen LogP contribution in [-0.2, 0) is 7.05 Å². The Morgan fingerprint density at radius 2 is 1.79 bits per heavy atom. The third kappa shape index (κ3) is 2.61. The molecule has 28 heavy (non-hydrogen) atoms. The first-order valence-corrected chi connectivity index (χ1v) is 10.6. The van der Waals surface area contributed by atoms with Crippen molar-refractivity contribution in [1.82, 2.24) is 0 Å². The van der Waals surface area contributed by atoms with Gasteiger partial charge in [0, 0.05) is 6.07 Å². The summed E-state index contributed by atoms with van der Waals surface area (Å²) in [7, 11) is 2.02. The van der Waals surface area contributed by atoms with Gasteiger partial charge in [-0.05, 0) is 91.5 Å². The molecule has 0 aliphatic heterocycles. The molecule has 2 bridgehead atoms. The van der Waals surface area contributed by atoms with Crippen molar-refractivity contribution < 1.29 is 8.96 Å². The number of hydrogen-bond acceptors (Lipinski definition) is 0. The van der Waals surface area contributed by atoms with Crippen LogP contribution >= 0.6 is 0 Å². The fourth-order valence-corrected chi connectivity index (χ4v) is 5.92. The Balaban J connectivity index is 1.70. The molecule has 2 fully saturated rings. The van der Waals surface area contributed by atoms with Crippen molar-refractivity contribution in [1.29, 1.82) is 0 Å². The zero-order chi connectivity index (χ0) is 19.6. The molecular formula is C26H29FN+. The monoisotopic (exact) mass is 374 g/mol. The summed E-state index contributed by atoms with van der Waals surface area (Å²) >= 11 is 0. The highest BCUT2D eigenvalue weighted by Gasteiger charge is 2.40. The normalized spacial score (nSPS) is 23.7. The minimum atomic E-state index is -0.0941. The summed E-state index contributed by atoms with van der Waals surface area (Å²) in [6.45, 7) is 5.98. The Labute approximate surface area is 167 Å². The van der Waals surface area contributed by atoms with Gasteiger partial charge in [0.2, 0.25) is 5.69 Å². The molecule has 1 aromatic heterocycles. The fraction of sp³-hybridized carbons (Fsp3) is 0.423. The zero-order valence-corrected chi connectivity index (χ0v) is 17.3. The number of rotatable bonds is 2. The molecule has 2 aliphatic carbocycles. The average Bonchev–Trinajstić information content (AvgIpc) is 3.31. The molecule has 0 radical (unpaired) electrons. The van der Waals surface area contributed by atoms with Gasteiger partial charge in [-0.15, -0.1) is 0 Å². The Kier molecular flexibility index (Phi) is 4.08. The summed E-state index contributed by atoms with van der Waals surface area (Å²) in [6, 6.07) is 11.1. The molecule has 3 unspecified atom stereocenters. The Morgan fingerprint density at radius 1 is 0.964 bits per heavy atom. The van der Waals surface area contributed by atoms with E-state index in [2.05, 4.69) is 42.0 Å². The predicted molar refractivity (Wildman–Crippen MR) is 113 cm³/mol. The first-order valence-electron chi connectivity index (χ1n) is 10.6. The summed E-state index contributed by atoms with van der Waals surface area (Å²) in [5.41, 5.74) is 6.11. The number of nitrogens with zero attached hydrogens (tertiary/aromatic N) is 1. The number of aromatic nitrogens is 1. The van der Waals surface area contributed by atoms with E-state index in [1.165, 1.54) is 36.6 Å². The molecule has 1 nitrogen and oxygen atoms in total. The van der Waals surface area contributed by atoms with Crippen molar-refractivity contribution >= 4 is 10.8 Å². The van der Waals surface area contributed by atoms with Gasteiger partial charge in [0.15, 0.2) is 6.20 Å². The molecule has 0 saturated heterocycles. The van der Waals surface area contributed by atoms with Crippen molar-refractivity contribution in [3.05, 3.63) is 64.6 Å². The number of fused-ring (bicyclic) bond motifs is 3. The number of pyridine rings is 1. The molecule has 2 aliphatic rings. The maximum atomic E-state index is 15.2. The van der Waals surface area contributed by atoms with Gasteiger partial charge in [0.05, 0.1) is 10.9 Å². The van der Waals surface area contributed by atoms with Crippen LogP contribution in [0.5, 0.6) is 0 Å². The third-order valence-corrected chi connectivity index (χ3v) is 7.53. The summed E-state index contributed by atoms with van der Waals surface area (Å²) in [4.78, 5) is 0. The molecule has 2 saturated carbocycles. The summed E-state index contributed by atoms with van der Waals surface area (Å²) < 4.78 is 17.3. The van der Waals surface area contributed by atoms with Crippen LogP contribution in [-0.4, -0.2) is 0 Å². The Morgan fingerprint density at radius 3 is 2.50 bits per heavy atom. The maximum absolute atomic E-state index is 15.2. The molecule has 2 heteroatoms. The number of halogens is 1. The van der Waals surface area contributed by atoms with E-state index in [0.29, 0.717) is 5.56 Å². The van der Waals surface area contributed by atoms with Crippen LogP contribution in [0, 0.1) is 38.4 Å². The van der Waals surface area contributed by atoms with Crippen LogP contribution in [0.4, 0.5) is 4.39 Å². The third-order valence-electron chi connectivity index (χ3n) is 7.53. The van der Waals surface area contributed by atoms with Crippen LogP contribution in [0.15, 0.2) is 36.5 Å². The van der Waals surface area contributed by atoms with Crippen LogP contribution in [0.25, 0.3) is 22.0 Å². The van der Waals surface area contributed by atoms with Crippen LogP contribution in [0.2, 0.25) is 0 Å². The number of aryl methyl sites for hydroxylation is 3. The molecule has 0 spiro atoms. The average molecular weight is 375 g/mol. The second-order valence-electron chi connectivity index (χ2n) is 9.23. The Hall–Kier alpha value is -2.22. The van der Waals surface area contributed by atoms with E-state index in [1.54, 1.807) is 0 Å². The highest BCUT2D eigenvalue weighted by molar-refractivity contribution is 5.94.